The summed E-state index contributed by atoms with van der Waals surface area (Å²) in [5.74, 6) is 0.911. The largest absolute Gasteiger partial charge is 0.366 e. The first kappa shape index (κ1) is 22.6. The average molecular weight is 481 g/mol. The van der Waals surface area contributed by atoms with Gasteiger partial charge in [0.05, 0.1) is 11.1 Å². The number of rotatable bonds is 9. The molecule has 0 radical (unpaired) electrons. The zero-order valence-corrected chi connectivity index (χ0v) is 19.7. The summed E-state index contributed by atoms with van der Waals surface area (Å²) in [6.07, 6.45) is 5.30. The van der Waals surface area contributed by atoms with E-state index in [0.717, 1.165) is 12.8 Å². The van der Waals surface area contributed by atoms with Crippen LogP contribution in [0.25, 0.3) is 11.5 Å². The van der Waals surface area contributed by atoms with Crippen LogP contribution in [0.3, 0.4) is 0 Å². The van der Waals surface area contributed by atoms with Crippen molar-refractivity contribution >= 4 is 27.6 Å². The van der Waals surface area contributed by atoms with Crippen LogP contribution in [0.15, 0.2) is 24.7 Å². The highest BCUT2D eigenvalue weighted by molar-refractivity contribution is 7.93. The number of sulfonamides is 1. The highest BCUT2D eigenvalue weighted by atomic mass is 35.5. The van der Waals surface area contributed by atoms with Crippen molar-refractivity contribution in [2.24, 2.45) is 7.05 Å². The van der Waals surface area contributed by atoms with Crippen LogP contribution in [-0.4, -0.2) is 54.3 Å². The minimum absolute atomic E-state index is 0.123. The fourth-order valence-corrected chi connectivity index (χ4v) is 4.46. The van der Waals surface area contributed by atoms with Crippen LogP contribution in [-0.2, 0) is 21.8 Å². The molecule has 1 saturated carbocycles. The molecule has 3 aromatic rings. The number of halogens is 1. The van der Waals surface area contributed by atoms with Gasteiger partial charge in [-0.3, -0.25) is 14.0 Å². The second-order valence-corrected chi connectivity index (χ2v) is 10.5. The zero-order chi connectivity index (χ0) is 23.0. The minimum Gasteiger partial charge on any atom is -0.366 e. The number of nitrogens with zero attached hydrogens (tertiary/aromatic N) is 7. The van der Waals surface area contributed by atoms with Crippen LogP contribution in [0.1, 0.15) is 51.6 Å². The summed E-state index contributed by atoms with van der Waals surface area (Å²) in [6, 6.07) is 1.94. The zero-order valence-electron chi connectivity index (χ0n) is 18.2. The third-order valence-electron chi connectivity index (χ3n) is 5.01. The van der Waals surface area contributed by atoms with E-state index in [1.807, 2.05) is 19.9 Å². The molecule has 0 saturated heterocycles. The van der Waals surface area contributed by atoms with Crippen LogP contribution < -0.4 is 4.72 Å². The van der Waals surface area contributed by atoms with Gasteiger partial charge in [0.1, 0.15) is 17.0 Å². The van der Waals surface area contributed by atoms with Crippen molar-refractivity contribution in [2.45, 2.75) is 57.1 Å². The standard InChI is InChI=1S/C19H25ClN8O3S/c1-11(2)31-16(17-21-9-13(20)10-22-17)12(3)32(29,30)26-19-24-23-18(28(19)14-5-6-14)15-7-8-27(4)25-15/h7-12,14,16H,5-6H2,1-4H3,(H,24,26). The first-order valence-corrected chi connectivity index (χ1v) is 12.2. The van der Waals surface area contributed by atoms with Gasteiger partial charge in [-0.25, -0.2) is 18.4 Å². The Morgan fingerprint density at radius 2 is 1.88 bits per heavy atom. The van der Waals surface area contributed by atoms with E-state index in [1.165, 1.54) is 12.4 Å². The highest BCUT2D eigenvalue weighted by Gasteiger charge is 2.37. The predicted molar refractivity (Wildman–Crippen MR) is 119 cm³/mol. The molecule has 4 rings (SSSR count). The van der Waals surface area contributed by atoms with E-state index in [1.54, 1.807) is 29.4 Å². The molecule has 172 valence electrons. The SMILES string of the molecule is CC(C)OC(c1ncc(Cl)cn1)C(C)S(=O)(=O)Nc1nnc(-c2ccn(C)n2)n1C1CC1. The van der Waals surface area contributed by atoms with Gasteiger partial charge in [-0.2, -0.15) is 5.10 Å². The Morgan fingerprint density at radius 1 is 1.19 bits per heavy atom. The van der Waals surface area contributed by atoms with Crippen LogP contribution >= 0.6 is 11.6 Å². The molecule has 1 N–H and O–H groups in total. The lowest BCUT2D eigenvalue weighted by atomic mass is 10.2. The minimum atomic E-state index is -3.95. The summed E-state index contributed by atoms with van der Waals surface area (Å²) >= 11 is 5.89. The van der Waals surface area contributed by atoms with Gasteiger partial charge >= 0.3 is 0 Å². The van der Waals surface area contributed by atoms with E-state index in [2.05, 4.69) is 30.0 Å². The molecule has 1 aliphatic rings. The third-order valence-corrected chi connectivity index (χ3v) is 6.90. The van der Waals surface area contributed by atoms with Crippen molar-refractivity contribution in [3.8, 4) is 11.5 Å². The van der Waals surface area contributed by atoms with Crippen molar-refractivity contribution < 1.29 is 13.2 Å². The first-order chi connectivity index (χ1) is 15.2. The Hall–Kier alpha value is -2.57. The van der Waals surface area contributed by atoms with Gasteiger partial charge < -0.3 is 4.74 Å². The number of aryl methyl sites for hydroxylation is 1. The molecule has 1 fully saturated rings. The second-order valence-electron chi connectivity index (χ2n) is 8.04. The van der Waals surface area contributed by atoms with Crippen LogP contribution in [0.4, 0.5) is 5.95 Å². The average Bonchev–Trinajstić information content (AvgIpc) is 3.35. The molecule has 3 aromatic heterocycles. The van der Waals surface area contributed by atoms with Crippen molar-refractivity contribution in [1.29, 1.82) is 0 Å². The summed E-state index contributed by atoms with van der Waals surface area (Å²) in [5, 5.41) is 12.0. The Bertz CT molecular complexity index is 1190. The molecule has 11 nitrogen and oxygen atoms in total. The third kappa shape index (κ3) is 4.76. The molecule has 1 aliphatic carbocycles. The molecule has 0 amide bonds. The Labute approximate surface area is 191 Å². The van der Waals surface area contributed by atoms with E-state index < -0.39 is 21.4 Å². The normalized spacial score (nSPS) is 16.3. The summed E-state index contributed by atoms with van der Waals surface area (Å²) in [5.41, 5.74) is 0.626. The predicted octanol–water partition coefficient (Wildman–Crippen LogP) is 2.75. The van der Waals surface area contributed by atoms with Gasteiger partial charge in [0.25, 0.3) is 0 Å². The Balaban J connectivity index is 1.64. The Morgan fingerprint density at radius 3 is 2.44 bits per heavy atom. The molecule has 2 unspecified atom stereocenters. The number of hydrogen-bond acceptors (Lipinski definition) is 8. The van der Waals surface area contributed by atoms with Crippen molar-refractivity contribution in [2.75, 3.05) is 4.72 Å². The molecule has 0 aromatic carbocycles. The van der Waals surface area contributed by atoms with Gasteiger partial charge in [-0.05, 0) is 39.7 Å². The van der Waals surface area contributed by atoms with E-state index >= 15 is 0 Å². The molecule has 0 aliphatic heterocycles. The second kappa shape index (κ2) is 8.75. The smallest absolute Gasteiger partial charge is 0.240 e. The molecule has 3 heterocycles. The fourth-order valence-electron chi connectivity index (χ4n) is 3.28. The number of hydrogen-bond donors (Lipinski definition) is 1. The quantitative estimate of drug-likeness (QED) is 0.494. The topological polar surface area (TPSA) is 130 Å². The lowest BCUT2D eigenvalue weighted by molar-refractivity contribution is 0.00154. The van der Waals surface area contributed by atoms with E-state index in [4.69, 9.17) is 16.3 Å². The first-order valence-electron chi connectivity index (χ1n) is 10.2. The maximum absolute atomic E-state index is 13.3. The molecule has 2 atom stereocenters. The van der Waals surface area contributed by atoms with Gasteiger partial charge in [-0.15, -0.1) is 10.2 Å². The van der Waals surface area contributed by atoms with Crippen molar-refractivity contribution in [3.63, 3.8) is 0 Å². The maximum atomic E-state index is 13.3. The molecule has 0 bridgehead atoms. The lowest BCUT2D eigenvalue weighted by Crippen LogP contribution is -2.35. The van der Waals surface area contributed by atoms with Crippen molar-refractivity contribution in [1.82, 2.24) is 34.5 Å². The lowest BCUT2D eigenvalue weighted by Gasteiger charge is -2.25. The molecular weight excluding hydrogens is 456 g/mol. The van der Waals surface area contributed by atoms with E-state index in [-0.39, 0.29) is 23.9 Å². The molecule has 0 spiro atoms. The summed E-state index contributed by atoms with van der Waals surface area (Å²) < 4.78 is 38.6. The summed E-state index contributed by atoms with van der Waals surface area (Å²) in [6.45, 7) is 5.18. The van der Waals surface area contributed by atoms with Crippen LogP contribution in [0.5, 0.6) is 0 Å². The van der Waals surface area contributed by atoms with Gasteiger partial charge in [0.2, 0.25) is 16.0 Å². The van der Waals surface area contributed by atoms with Gasteiger partial charge in [0, 0.05) is 31.7 Å². The van der Waals surface area contributed by atoms with Crippen LogP contribution in [0.2, 0.25) is 5.02 Å². The van der Waals surface area contributed by atoms with Crippen molar-refractivity contribution in [3.05, 3.63) is 35.5 Å². The molecule has 13 heteroatoms. The number of anilines is 1. The number of aromatic nitrogens is 7. The van der Waals surface area contributed by atoms with Gasteiger partial charge in [0.15, 0.2) is 11.6 Å². The van der Waals surface area contributed by atoms with E-state index in [9.17, 15) is 8.42 Å². The molecule has 32 heavy (non-hydrogen) atoms. The van der Waals surface area contributed by atoms with Crippen LogP contribution in [0, 0.1) is 0 Å². The molecular formula is C19H25ClN8O3S. The number of nitrogens with one attached hydrogen (secondary N) is 1. The highest BCUT2D eigenvalue weighted by Crippen LogP contribution is 2.40. The maximum Gasteiger partial charge on any atom is 0.240 e. The van der Waals surface area contributed by atoms with E-state index in [0.29, 0.717) is 16.5 Å². The monoisotopic (exact) mass is 480 g/mol. The Kier molecular flexibility index (Phi) is 6.19. The fraction of sp³-hybridized carbons (Fsp3) is 0.526. The van der Waals surface area contributed by atoms with Gasteiger partial charge in [-0.1, -0.05) is 11.6 Å². The number of ether oxygens (including phenoxy) is 1. The summed E-state index contributed by atoms with van der Waals surface area (Å²) in [4.78, 5) is 8.34. The summed E-state index contributed by atoms with van der Waals surface area (Å²) in [7, 11) is -2.14.